The van der Waals surface area contributed by atoms with E-state index in [4.69, 9.17) is 11.6 Å². The van der Waals surface area contributed by atoms with Gasteiger partial charge < -0.3 is 4.90 Å². The summed E-state index contributed by atoms with van der Waals surface area (Å²) in [6.45, 7) is 3.56. The van der Waals surface area contributed by atoms with Gasteiger partial charge in [-0.15, -0.1) is 0 Å². The van der Waals surface area contributed by atoms with Gasteiger partial charge in [-0.25, -0.2) is 8.42 Å². The van der Waals surface area contributed by atoms with Crippen LogP contribution in [-0.4, -0.2) is 26.9 Å². The lowest BCUT2D eigenvalue weighted by Crippen LogP contribution is -2.45. The van der Waals surface area contributed by atoms with E-state index in [0.29, 0.717) is 10.7 Å². The van der Waals surface area contributed by atoms with Crippen LogP contribution in [0.2, 0.25) is 5.02 Å². The molecule has 7 heteroatoms. The summed E-state index contributed by atoms with van der Waals surface area (Å²) in [6, 6.07) is 20.8. The van der Waals surface area contributed by atoms with Crippen LogP contribution < -0.4 is 9.21 Å². The van der Waals surface area contributed by atoms with Crippen molar-refractivity contribution in [3.05, 3.63) is 88.9 Å². The van der Waals surface area contributed by atoms with Crippen LogP contribution in [0.3, 0.4) is 0 Å². The molecular weight excluding hydrogens is 432 g/mol. The van der Waals surface area contributed by atoms with Crippen LogP contribution in [0.25, 0.3) is 0 Å². The molecule has 0 aromatic heterocycles. The first kappa shape index (κ1) is 21.4. The quantitative estimate of drug-likeness (QED) is 0.555. The van der Waals surface area contributed by atoms with Crippen molar-refractivity contribution >= 4 is 38.9 Å². The number of halogens is 1. The van der Waals surface area contributed by atoms with Gasteiger partial charge in [-0.1, -0.05) is 41.9 Å². The molecule has 1 heterocycles. The van der Waals surface area contributed by atoms with Gasteiger partial charge in [0.25, 0.3) is 10.0 Å². The molecule has 1 atom stereocenters. The number of para-hydroxylation sites is 1. The lowest BCUT2D eigenvalue weighted by molar-refractivity contribution is -0.117. The monoisotopic (exact) mass is 454 g/mol. The number of rotatable bonds is 5. The number of hydrogen-bond acceptors (Lipinski definition) is 3. The minimum absolute atomic E-state index is 0.0394. The van der Waals surface area contributed by atoms with Crippen molar-refractivity contribution in [1.29, 1.82) is 0 Å². The van der Waals surface area contributed by atoms with E-state index in [2.05, 4.69) is 0 Å². The maximum Gasteiger partial charge on any atom is 0.264 e. The van der Waals surface area contributed by atoms with Gasteiger partial charge in [-0.2, -0.15) is 0 Å². The average molecular weight is 455 g/mol. The molecule has 0 unspecified atom stereocenters. The van der Waals surface area contributed by atoms with Crippen molar-refractivity contribution in [2.75, 3.05) is 15.7 Å². The largest absolute Gasteiger partial charge is 0.307 e. The molecule has 1 aliphatic rings. The summed E-state index contributed by atoms with van der Waals surface area (Å²) in [6.07, 6.45) is 0.746. The van der Waals surface area contributed by atoms with Gasteiger partial charge in [0.15, 0.2) is 0 Å². The van der Waals surface area contributed by atoms with E-state index in [9.17, 15) is 13.2 Å². The number of benzene rings is 3. The number of amides is 1. The van der Waals surface area contributed by atoms with Gasteiger partial charge >= 0.3 is 0 Å². The Labute approximate surface area is 187 Å². The molecule has 3 aromatic rings. The van der Waals surface area contributed by atoms with Crippen LogP contribution in [0.4, 0.5) is 11.4 Å². The molecule has 0 saturated carbocycles. The molecule has 31 heavy (non-hydrogen) atoms. The lowest BCUT2D eigenvalue weighted by atomic mass is 10.1. The van der Waals surface area contributed by atoms with E-state index >= 15 is 0 Å². The summed E-state index contributed by atoms with van der Waals surface area (Å²) in [5.74, 6) is -0.267. The number of carbonyl (C=O) groups is 1. The van der Waals surface area contributed by atoms with Crippen molar-refractivity contribution in [1.82, 2.24) is 0 Å². The summed E-state index contributed by atoms with van der Waals surface area (Å²) in [5, 5.41) is 0.444. The van der Waals surface area contributed by atoms with Gasteiger partial charge in [-0.3, -0.25) is 9.10 Å². The molecule has 0 N–H and O–H groups in total. The van der Waals surface area contributed by atoms with Crippen LogP contribution in [0, 0.1) is 6.92 Å². The van der Waals surface area contributed by atoms with E-state index in [0.717, 1.165) is 23.2 Å². The number of anilines is 2. The zero-order valence-corrected chi connectivity index (χ0v) is 18.9. The topological polar surface area (TPSA) is 57.7 Å². The fourth-order valence-electron chi connectivity index (χ4n) is 3.98. The Hall–Kier alpha value is -2.83. The second-order valence-electron chi connectivity index (χ2n) is 7.75. The summed E-state index contributed by atoms with van der Waals surface area (Å²) < 4.78 is 28.3. The summed E-state index contributed by atoms with van der Waals surface area (Å²) in [5.41, 5.74) is 3.28. The first-order valence-corrected chi connectivity index (χ1v) is 11.8. The number of sulfonamides is 1. The molecule has 5 nitrogen and oxygen atoms in total. The van der Waals surface area contributed by atoms with E-state index in [1.165, 1.54) is 28.6 Å². The van der Waals surface area contributed by atoms with Crippen LogP contribution in [0.5, 0.6) is 0 Å². The number of nitrogens with zero attached hydrogens (tertiary/aromatic N) is 2. The number of carbonyl (C=O) groups excluding carboxylic acids is 1. The molecule has 0 radical (unpaired) electrons. The number of aryl methyl sites for hydroxylation is 1. The van der Waals surface area contributed by atoms with Crippen LogP contribution in [0.15, 0.2) is 77.7 Å². The first-order chi connectivity index (χ1) is 14.8. The molecule has 3 aromatic carbocycles. The van der Waals surface area contributed by atoms with E-state index in [1.54, 1.807) is 23.1 Å². The van der Waals surface area contributed by atoms with Crippen molar-refractivity contribution in [2.45, 2.75) is 31.2 Å². The number of fused-ring (bicyclic) bond motifs is 1. The molecule has 0 aliphatic carbocycles. The molecule has 1 amide bonds. The molecule has 0 saturated heterocycles. The standard InChI is InChI=1S/C24H23ClN2O3S/c1-17-6-5-8-21(14-17)26(31(29,30)22-12-10-20(25)11-13-22)16-24(28)27-18(2)15-19-7-3-4-9-23(19)27/h3-14,18H,15-16H2,1-2H3/t18-/m0/s1. The highest BCUT2D eigenvalue weighted by molar-refractivity contribution is 7.92. The third-order valence-corrected chi connectivity index (χ3v) is 7.49. The Kier molecular flexibility index (Phi) is 5.77. The molecule has 160 valence electrons. The highest BCUT2D eigenvalue weighted by atomic mass is 35.5. The van der Waals surface area contributed by atoms with Crippen molar-refractivity contribution < 1.29 is 13.2 Å². The molecular formula is C24H23ClN2O3S. The molecule has 0 spiro atoms. The smallest absolute Gasteiger partial charge is 0.264 e. The maximum atomic E-state index is 13.5. The van der Waals surface area contributed by atoms with Crippen molar-refractivity contribution in [3.8, 4) is 0 Å². The average Bonchev–Trinajstić information content (AvgIpc) is 3.07. The van der Waals surface area contributed by atoms with Crippen LogP contribution in [-0.2, 0) is 21.2 Å². The van der Waals surface area contributed by atoms with Gasteiger partial charge in [-0.05, 0) is 73.9 Å². The summed E-state index contributed by atoms with van der Waals surface area (Å²) in [7, 11) is -3.98. The second kappa shape index (κ2) is 8.36. The zero-order valence-electron chi connectivity index (χ0n) is 17.3. The molecule has 4 rings (SSSR count). The van der Waals surface area contributed by atoms with Gasteiger partial charge in [0.1, 0.15) is 6.54 Å². The number of hydrogen-bond donors (Lipinski definition) is 0. The minimum Gasteiger partial charge on any atom is -0.307 e. The second-order valence-corrected chi connectivity index (χ2v) is 10.0. The van der Waals surface area contributed by atoms with Gasteiger partial charge in [0.05, 0.1) is 10.6 Å². The molecule has 0 bridgehead atoms. The Bertz CT molecular complexity index is 1230. The highest BCUT2D eigenvalue weighted by Gasteiger charge is 2.34. The van der Waals surface area contributed by atoms with Gasteiger partial charge in [0.2, 0.25) is 5.91 Å². The lowest BCUT2D eigenvalue weighted by Gasteiger charge is -2.29. The predicted molar refractivity (Wildman–Crippen MR) is 124 cm³/mol. The molecule has 0 fully saturated rings. The van der Waals surface area contributed by atoms with E-state index in [1.807, 2.05) is 44.2 Å². The maximum absolute atomic E-state index is 13.5. The minimum atomic E-state index is -3.98. The SMILES string of the molecule is Cc1cccc(N(CC(=O)N2c3ccccc3C[C@@H]2C)S(=O)(=O)c2ccc(Cl)cc2)c1. The highest BCUT2D eigenvalue weighted by Crippen LogP contribution is 2.33. The van der Waals surface area contributed by atoms with Crippen LogP contribution in [0.1, 0.15) is 18.1 Å². The first-order valence-electron chi connectivity index (χ1n) is 10.0. The molecule has 1 aliphatic heterocycles. The predicted octanol–water partition coefficient (Wildman–Crippen LogP) is 4.82. The third kappa shape index (κ3) is 4.18. The fourth-order valence-corrected chi connectivity index (χ4v) is 5.51. The van der Waals surface area contributed by atoms with Gasteiger partial charge in [0, 0.05) is 16.8 Å². The van der Waals surface area contributed by atoms with Crippen molar-refractivity contribution in [2.24, 2.45) is 0 Å². The zero-order chi connectivity index (χ0) is 22.2. The van der Waals surface area contributed by atoms with E-state index < -0.39 is 10.0 Å². The van der Waals surface area contributed by atoms with E-state index in [-0.39, 0.29) is 23.4 Å². The Balaban J connectivity index is 1.74. The normalized spacial score (nSPS) is 15.6. The third-order valence-electron chi connectivity index (χ3n) is 5.45. The fraction of sp³-hybridized carbons (Fsp3) is 0.208. The Morgan fingerprint density at radius 2 is 1.77 bits per heavy atom. The van der Waals surface area contributed by atoms with Crippen LogP contribution >= 0.6 is 11.6 Å². The van der Waals surface area contributed by atoms with Crippen molar-refractivity contribution in [3.63, 3.8) is 0 Å². The summed E-state index contributed by atoms with van der Waals surface area (Å²) in [4.78, 5) is 15.2. The summed E-state index contributed by atoms with van der Waals surface area (Å²) >= 11 is 5.94. The Morgan fingerprint density at radius 3 is 2.48 bits per heavy atom. The Morgan fingerprint density at radius 1 is 1.06 bits per heavy atom.